The van der Waals surface area contributed by atoms with E-state index in [0.29, 0.717) is 32.6 Å². The van der Waals surface area contributed by atoms with Crippen LogP contribution in [0.1, 0.15) is 19.8 Å². The normalized spacial score (nSPS) is 30.0. The summed E-state index contributed by atoms with van der Waals surface area (Å²) in [6, 6.07) is -0.266. The molecule has 0 aromatic rings. The highest BCUT2D eigenvalue weighted by Crippen LogP contribution is 2.33. The van der Waals surface area contributed by atoms with Gasteiger partial charge in [0.25, 0.3) is 0 Å². The minimum Gasteiger partial charge on any atom is -0.381 e. The molecule has 2 fully saturated rings. The molecule has 2 aliphatic heterocycles. The molecule has 0 aliphatic carbocycles. The van der Waals surface area contributed by atoms with E-state index in [2.05, 4.69) is 0 Å². The molecule has 110 valence electrons. The van der Waals surface area contributed by atoms with Gasteiger partial charge in [0.1, 0.15) is 0 Å². The number of nitrogens with zero attached hydrogens (tertiary/aromatic N) is 1. The number of hydrogen-bond donors (Lipinski definition) is 1. The molecule has 2 heterocycles. The van der Waals surface area contributed by atoms with E-state index in [-0.39, 0.29) is 30.0 Å². The fourth-order valence-corrected chi connectivity index (χ4v) is 4.43. The molecule has 1 atom stereocenters. The van der Waals surface area contributed by atoms with E-state index in [1.54, 1.807) is 11.8 Å². The van der Waals surface area contributed by atoms with Gasteiger partial charge in [-0.1, -0.05) is 0 Å². The lowest BCUT2D eigenvalue weighted by molar-refractivity contribution is -0.148. The summed E-state index contributed by atoms with van der Waals surface area (Å²) in [4.78, 5) is 14.4. The highest BCUT2D eigenvalue weighted by Gasteiger charge is 2.44. The number of carbonyl (C=O) groups is 1. The Labute approximate surface area is 114 Å². The molecule has 7 heteroatoms. The van der Waals surface area contributed by atoms with Gasteiger partial charge < -0.3 is 15.4 Å². The molecule has 0 saturated carbocycles. The van der Waals surface area contributed by atoms with Crippen molar-refractivity contribution in [2.75, 3.05) is 37.8 Å². The van der Waals surface area contributed by atoms with Crippen LogP contribution < -0.4 is 5.73 Å². The maximum absolute atomic E-state index is 12.7. The molecule has 19 heavy (non-hydrogen) atoms. The van der Waals surface area contributed by atoms with Crippen LogP contribution in [0.4, 0.5) is 0 Å². The summed E-state index contributed by atoms with van der Waals surface area (Å²) in [6.45, 7) is 3.46. The van der Waals surface area contributed by atoms with Gasteiger partial charge in [-0.2, -0.15) is 0 Å². The summed E-state index contributed by atoms with van der Waals surface area (Å²) >= 11 is 0. The number of rotatable bonds is 2. The third-order valence-corrected chi connectivity index (χ3v) is 6.02. The molecular weight excluding hydrogens is 268 g/mol. The summed E-state index contributed by atoms with van der Waals surface area (Å²) < 4.78 is 28.4. The second kappa shape index (κ2) is 5.38. The molecule has 6 nitrogen and oxygen atoms in total. The largest absolute Gasteiger partial charge is 0.381 e. The van der Waals surface area contributed by atoms with Crippen molar-refractivity contribution in [3.63, 3.8) is 0 Å². The van der Waals surface area contributed by atoms with Gasteiger partial charge >= 0.3 is 0 Å². The lowest BCUT2D eigenvalue weighted by Crippen LogP contribution is -2.57. The molecule has 2 N–H and O–H groups in total. The average Bonchev–Trinajstić information content (AvgIpc) is 2.38. The first-order valence-corrected chi connectivity index (χ1v) is 8.52. The molecule has 2 saturated heterocycles. The molecule has 1 unspecified atom stereocenters. The third-order valence-electron chi connectivity index (χ3n) is 4.23. The molecule has 1 amide bonds. The molecule has 0 bridgehead atoms. The number of hydrogen-bond acceptors (Lipinski definition) is 5. The predicted molar refractivity (Wildman–Crippen MR) is 71.4 cm³/mol. The van der Waals surface area contributed by atoms with Gasteiger partial charge in [-0.05, 0) is 19.8 Å². The Morgan fingerprint density at radius 2 is 2.05 bits per heavy atom. The molecule has 0 aromatic carbocycles. The Bertz CT molecular complexity index is 443. The monoisotopic (exact) mass is 290 g/mol. The minimum absolute atomic E-state index is 0.000648. The van der Waals surface area contributed by atoms with Gasteiger partial charge in [-0.25, -0.2) is 8.42 Å². The van der Waals surface area contributed by atoms with Crippen molar-refractivity contribution in [1.82, 2.24) is 4.90 Å². The van der Waals surface area contributed by atoms with Crippen molar-refractivity contribution in [1.29, 1.82) is 0 Å². The Kier molecular flexibility index (Phi) is 4.17. The lowest BCUT2D eigenvalue weighted by Gasteiger charge is -2.42. The first-order valence-electron chi connectivity index (χ1n) is 6.69. The maximum atomic E-state index is 12.7. The van der Waals surface area contributed by atoms with E-state index in [9.17, 15) is 13.2 Å². The van der Waals surface area contributed by atoms with Crippen LogP contribution in [0.5, 0.6) is 0 Å². The Balaban J connectivity index is 2.14. The van der Waals surface area contributed by atoms with E-state index < -0.39 is 15.3 Å². The van der Waals surface area contributed by atoms with Crippen molar-refractivity contribution < 1.29 is 17.9 Å². The van der Waals surface area contributed by atoms with Crippen molar-refractivity contribution in [3.05, 3.63) is 0 Å². The third kappa shape index (κ3) is 2.93. The summed E-state index contributed by atoms with van der Waals surface area (Å²) in [5.41, 5.74) is 5.26. The average molecular weight is 290 g/mol. The van der Waals surface area contributed by atoms with Crippen molar-refractivity contribution in [3.8, 4) is 0 Å². The fourth-order valence-electron chi connectivity index (χ4n) is 2.87. The molecule has 0 spiro atoms. The Hall–Kier alpha value is -0.660. The summed E-state index contributed by atoms with van der Waals surface area (Å²) in [7, 11) is -3.01. The standard InChI is InChI=1S/C12H22N2O4S/c1-10-8-19(16,17)7-4-14(10)11(15)12(9-13)2-5-18-6-3-12/h10H,2-9,13H2,1H3. The summed E-state index contributed by atoms with van der Waals surface area (Å²) in [6.07, 6.45) is 1.25. The van der Waals surface area contributed by atoms with E-state index >= 15 is 0 Å². The SMILES string of the molecule is CC1CS(=O)(=O)CCN1C(=O)C1(CN)CCOCC1. The second-order valence-corrected chi connectivity index (χ2v) is 7.79. The lowest BCUT2D eigenvalue weighted by atomic mass is 9.78. The van der Waals surface area contributed by atoms with Crippen LogP contribution in [0.2, 0.25) is 0 Å². The van der Waals surface area contributed by atoms with Gasteiger partial charge in [-0.15, -0.1) is 0 Å². The van der Waals surface area contributed by atoms with Gasteiger partial charge in [0.05, 0.1) is 16.9 Å². The number of ether oxygens (including phenoxy) is 1. The van der Waals surface area contributed by atoms with E-state index in [0.717, 1.165) is 0 Å². The zero-order chi connectivity index (χ0) is 14.1. The Morgan fingerprint density at radius 3 is 2.58 bits per heavy atom. The number of nitrogens with two attached hydrogens (primary N) is 1. The van der Waals surface area contributed by atoms with Crippen LogP contribution in [0.15, 0.2) is 0 Å². The van der Waals surface area contributed by atoms with Crippen LogP contribution >= 0.6 is 0 Å². The topological polar surface area (TPSA) is 89.7 Å². The van der Waals surface area contributed by atoms with Crippen LogP contribution in [0, 0.1) is 5.41 Å². The van der Waals surface area contributed by atoms with Crippen LogP contribution in [-0.4, -0.2) is 63.1 Å². The number of sulfone groups is 1. The number of carbonyl (C=O) groups excluding carboxylic acids is 1. The highest BCUT2D eigenvalue weighted by atomic mass is 32.2. The Morgan fingerprint density at radius 1 is 1.42 bits per heavy atom. The van der Waals surface area contributed by atoms with Crippen LogP contribution in [-0.2, 0) is 19.4 Å². The van der Waals surface area contributed by atoms with E-state index in [4.69, 9.17) is 10.5 Å². The molecule has 0 radical (unpaired) electrons. The van der Waals surface area contributed by atoms with E-state index in [1.807, 2.05) is 0 Å². The fraction of sp³-hybridized carbons (Fsp3) is 0.917. The first kappa shape index (κ1) is 14.7. The summed E-state index contributed by atoms with van der Waals surface area (Å²) in [5, 5.41) is 0. The number of amides is 1. The molecule has 2 rings (SSSR count). The first-order chi connectivity index (χ1) is 8.90. The van der Waals surface area contributed by atoms with Crippen LogP contribution in [0.3, 0.4) is 0 Å². The molecule has 2 aliphatic rings. The van der Waals surface area contributed by atoms with E-state index in [1.165, 1.54) is 0 Å². The quantitative estimate of drug-likeness (QED) is 0.732. The van der Waals surface area contributed by atoms with Gasteiger partial charge in [0, 0.05) is 32.3 Å². The van der Waals surface area contributed by atoms with Crippen LogP contribution in [0.25, 0.3) is 0 Å². The van der Waals surface area contributed by atoms with Crippen molar-refractivity contribution in [2.24, 2.45) is 11.1 Å². The summed E-state index contributed by atoms with van der Waals surface area (Å²) in [5.74, 6) is 0.108. The van der Waals surface area contributed by atoms with Crippen molar-refractivity contribution >= 4 is 15.7 Å². The van der Waals surface area contributed by atoms with Gasteiger partial charge in [0.2, 0.25) is 5.91 Å². The highest BCUT2D eigenvalue weighted by molar-refractivity contribution is 7.91. The zero-order valence-corrected chi connectivity index (χ0v) is 12.1. The zero-order valence-electron chi connectivity index (χ0n) is 11.3. The maximum Gasteiger partial charge on any atom is 0.230 e. The second-order valence-electron chi connectivity index (χ2n) is 5.56. The van der Waals surface area contributed by atoms with Gasteiger partial charge in [-0.3, -0.25) is 4.79 Å². The predicted octanol–water partition coefficient (Wildman–Crippen LogP) is -0.613. The smallest absolute Gasteiger partial charge is 0.230 e. The van der Waals surface area contributed by atoms with Gasteiger partial charge in [0.15, 0.2) is 9.84 Å². The minimum atomic E-state index is -3.01. The molecule has 0 aromatic heterocycles. The van der Waals surface area contributed by atoms with Crippen molar-refractivity contribution in [2.45, 2.75) is 25.8 Å². The molecular formula is C12H22N2O4S.